The highest BCUT2D eigenvalue weighted by atomic mass is 16.3. The number of nitrogens with two attached hydrogens (primary N) is 1. The van der Waals surface area contributed by atoms with Crippen LogP contribution < -0.4 is 16.6 Å². The van der Waals surface area contributed by atoms with E-state index in [0.29, 0.717) is 17.5 Å². The van der Waals surface area contributed by atoms with Crippen molar-refractivity contribution in [2.75, 3.05) is 17.3 Å². The Kier molecular flexibility index (Phi) is 4.45. The van der Waals surface area contributed by atoms with Gasteiger partial charge >= 0.3 is 0 Å². The molecule has 0 aliphatic rings. The number of anilines is 2. The van der Waals surface area contributed by atoms with Crippen molar-refractivity contribution in [1.82, 2.24) is 9.97 Å². The van der Waals surface area contributed by atoms with Gasteiger partial charge in [-0.2, -0.15) is 0 Å². The molecule has 0 aliphatic heterocycles. The van der Waals surface area contributed by atoms with Crippen molar-refractivity contribution in [2.24, 2.45) is 5.84 Å². The Morgan fingerprint density at radius 1 is 1.31 bits per heavy atom. The molecule has 0 fully saturated rings. The molecule has 0 amide bonds. The zero-order chi connectivity index (χ0) is 12.1. The molecule has 1 aromatic heterocycles. The second-order valence-corrected chi connectivity index (χ2v) is 4.02. The predicted molar refractivity (Wildman–Crippen MR) is 64.1 cm³/mol. The van der Waals surface area contributed by atoms with Gasteiger partial charge < -0.3 is 15.8 Å². The SMILES string of the molecule is CC(CO)Nc1cc(NN)nc(C(C)C)n1. The lowest BCUT2D eigenvalue weighted by molar-refractivity contribution is 0.281. The van der Waals surface area contributed by atoms with Gasteiger partial charge in [0, 0.05) is 18.0 Å². The van der Waals surface area contributed by atoms with Crippen LogP contribution in [-0.2, 0) is 0 Å². The van der Waals surface area contributed by atoms with Crippen molar-refractivity contribution in [2.45, 2.75) is 32.7 Å². The van der Waals surface area contributed by atoms with Crippen molar-refractivity contribution in [3.63, 3.8) is 0 Å². The van der Waals surface area contributed by atoms with Gasteiger partial charge in [-0.25, -0.2) is 15.8 Å². The van der Waals surface area contributed by atoms with E-state index in [2.05, 4.69) is 20.7 Å². The largest absolute Gasteiger partial charge is 0.394 e. The summed E-state index contributed by atoms with van der Waals surface area (Å²) >= 11 is 0. The first kappa shape index (κ1) is 12.7. The van der Waals surface area contributed by atoms with Crippen LogP contribution in [0.1, 0.15) is 32.5 Å². The molecule has 0 bridgehead atoms. The van der Waals surface area contributed by atoms with E-state index >= 15 is 0 Å². The molecule has 90 valence electrons. The lowest BCUT2D eigenvalue weighted by Gasteiger charge is -2.14. The average Bonchev–Trinajstić information content (AvgIpc) is 2.28. The number of hydrogen-bond donors (Lipinski definition) is 4. The van der Waals surface area contributed by atoms with Gasteiger partial charge in [-0.15, -0.1) is 0 Å². The molecule has 1 unspecified atom stereocenters. The number of hydrazine groups is 1. The summed E-state index contributed by atoms with van der Waals surface area (Å²) in [6, 6.07) is 1.65. The van der Waals surface area contributed by atoms with Gasteiger partial charge in [0.25, 0.3) is 0 Å². The first-order valence-corrected chi connectivity index (χ1v) is 5.29. The van der Waals surface area contributed by atoms with Crippen molar-refractivity contribution in [1.29, 1.82) is 0 Å². The predicted octanol–water partition coefficient (Wildman–Crippen LogP) is 0.678. The molecule has 6 heteroatoms. The monoisotopic (exact) mass is 225 g/mol. The number of aliphatic hydroxyl groups is 1. The maximum Gasteiger partial charge on any atom is 0.145 e. The molecule has 0 saturated carbocycles. The van der Waals surface area contributed by atoms with Gasteiger partial charge in [-0.1, -0.05) is 13.8 Å². The van der Waals surface area contributed by atoms with E-state index in [1.165, 1.54) is 0 Å². The first-order chi connectivity index (χ1) is 7.56. The van der Waals surface area contributed by atoms with E-state index in [4.69, 9.17) is 10.9 Å². The molecule has 0 aliphatic carbocycles. The molecule has 0 radical (unpaired) electrons. The van der Waals surface area contributed by atoms with Crippen LogP contribution in [0.4, 0.5) is 11.6 Å². The van der Waals surface area contributed by atoms with Crippen LogP contribution >= 0.6 is 0 Å². The Hall–Kier alpha value is -1.40. The molecule has 16 heavy (non-hydrogen) atoms. The maximum atomic E-state index is 8.95. The molecule has 0 spiro atoms. The number of rotatable bonds is 5. The summed E-state index contributed by atoms with van der Waals surface area (Å²) in [6.45, 7) is 5.93. The smallest absolute Gasteiger partial charge is 0.145 e. The topological polar surface area (TPSA) is 96.1 Å². The van der Waals surface area contributed by atoms with Gasteiger partial charge in [0.1, 0.15) is 17.5 Å². The minimum atomic E-state index is -0.0551. The third kappa shape index (κ3) is 3.32. The van der Waals surface area contributed by atoms with Gasteiger partial charge in [-0.05, 0) is 6.92 Å². The summed E-state index contributed by atoms with van der Waals surface area (Å²) in [7, 11) is 0. The van der Waals surface area contributed by atoms with E-state index in [9.17, 15) is 0 Å². The van der Waals surface area contributed by atoms with E-state index < -0.39 is 0 Å². The molecule has 1 atom stereocenters. The van der Waals surface area contributed by atoms with Crippen LogP contribution in [0.5, 0.6) is 0 Å². The Morgan fingerprint density at radius 2 is 1.94 bits per heavy atom. The van der Waals surface area contributed by atoms with Gasteiger partial charge in [0.15, 0.2) is 0 Å². The molecular weight excluding hydrogens is 206 g/mol. The highest BCUT2D eigenvalue weighted by molar-refractivity contribution is 5.47. The normalized spacial score (nSPS) is 12.6. The molecule has 1 heterocycles. The van der Waals surface area contributed by atoms with Gasteiger partial charge in [0.05, 0.1) is 6.61 Å². The van der Waals surface area contributed by atoms with Crippen LogP contribution in [0.15, 0.2) is 6.07 Å². The minimum absolute atomic E-state index is 0.0480. The van der Waals surface area contributed by atoms with Crippen LogP contribution in [0, 0.1) is 0 Å². The van der Waals surface area contributed by atoms with E-state index in [0.717, 1.165) is 0 Å². The highest BCUT2D eigenvalue weighted by Gasteiger charge is 2.09. The van der Waals surface area contributed by atoms with Crippen molar-refractivity contribution in [3.05, 3.63) is 11.9 Å². The lowest BCUT2D eigenvalue weighted by Crippen LogP contribution is -2.21. The Morgan fingerprint density at radius 3 is 2.44 bits per heavy atom. The zero-order valence-electron chi connectivity index (χ0n) is 9.86. The van der Waals surface area contributed by atoms with Crippen LogP contribution in [0.2, 0.25) is 0 Å². The molecule has 0 aromatic carbocycles. The summed E-state index contributed by atoms with van der Waals surface area (Å²) in [5.74, 6) is 7.49. The summed E-state index contributed by atoms with van der Waals surface area (Å²) in [6.07, 6.45) is 0. The van der Waals surface area contributed by atoms with Gasteiger partial charge in [0.2, 0.25) is 0 Å². The standard InChI is InChI=1S/C10H19N5O/c1-6(2)10-13-8(12-7(3)5-16)4-9(14-10)15-11/h4,6-7,16H,5,11H2,1-3H3,(H2,12,13,14,15). The maximum absolute atomic E-state index is 8.95. The van der Waals surface area contributed by atoms with Crippen LogP contribution in [0.3, 0.4) is 0 Å². The third-order valence-corrected chi connectivity index (χ3v) is 2.08. The average molecular weight is 225 g/mol. The minimum Gasteiger partial charge on any atom is -0.394 e. The number of aromatic nitrogens is 2. The summed E-state index contributed by atoms with van der Waals surface area (Å²) in [5.41, 5.74) is 2.50. The summed E-state index contributed by atoms with van der Waals surface area (Å²) < 4.78 is 0. The third-order valence-electron chi connectivity index (χ3n) is 2.08. The lowest BCUT2D eigenvalue weighted by atomic mass is 10.2. The second kappa shape index (κ2) is 5.62. The molecule has 6 nitrogen and oxygen atoms in total. The Labute approximate surface area is 95.3 Å². The molecular formula is C10H19N5O. The van der Waals surface area contributed by atoms with Crippen molar-refractivity contribution < 1.29 is 5.11 Å². The number of hydrogen-bond acceptors (Lipinski definition) is 6. The van der Waals surface area contributed by atoms with Crippen LogP contribution in [-0.4, -0.2) is 27.7 Å². The molecule has 1 aromatic rings. The van der Waals surface area contributed by atoms with Gasteiger partial charge in [-0.3, -0.25) is 0 Å². The second-order valence-electron chi connectivity index (χ2n) is 4.02. The number of nitrogens with one attached hydrogen (secondary N) is 2. The fourth-order valence-electron chi connectivity index (χ4n) is 1.17. The molecule has 5 N–H and O–H groups in total. The van der Waals surface area contributed by atoms with Crippen molar-refractivity contribution in [3.8, 4) is 0 Å². The fourth-order valence-corrected chi connectivity index (χ4v) is 1.17. The van der Waals surface area contributed by atoms with Crippen LogP contribution in [0.25, 0.3) is 0 Å². The number of nitrogen functional groups attached to an aromatic ring is 1. The highest BCUT2D eigenvalue weighted by Crippen LogP contribution is 2.16. The van der Waals surface area contributed by atoms with Crippen molar-refractivity contribution >= 4 is 11.6 Å². The van der Waals surface area contributed by atoms with E-state index in [1.807, 2.05) is 20.8 Å². The number of aliphatic hydroxyl groups excluding tert-OH is 1. The Balaban J connectivity index is 2.95. The first-order valence-electron chi connectivity index (χ1n) is 5.29. The quantitative estimate of drug-likeness (QED) is 0.434. The van der Waals surface area contributed by atoms with E-state index in [-0.39, 0.29) is 18.6 Å². The zero-order valence-corrected chi connectivity index (χ0v) is 9.86. The van der Waals surface area contributed by atoms with E-state index in [1.54, 1.807) is 6.07 Å². The number of nitrogens with zero attached hydrogens (tertiary/aromatic N) is 2. The fraction of sp³-hybridized carbons (Fsp3) is 0.600. The summed E-state index contributed by atoms with van der Waals surface area (Å²) in [4.78, 5) is 8.57. The summed E-state index contributed by atoms with van der Waals surface area (Å²) in [5, 5.41) is 12.0. The molecule has 0 saturated heterocycles. The Bertz CT molecular complexity index is 342. The molecule has 1 rings (SSSR count).